The fourth-order valence-corrected chi connectivity index (χ4v) is 4.34. The normalized spacial score (nSPS) is 12.1. The first-order valence-corrected chi connectivity index (χ1v) is 13.4. The standard InChI is InChI=1S/C29H27F3N6O3S/c1-19-5-4-6-20(2)26(19)35-28(42-25(39)15-16-40-3)36-34-17-21-7-9-22(10-8-21)27-33-18-38(37-27)23-11-13-24(14-12-23)41-29(30,31)32/h4-14,17-18H,15-16H2,1-3H3,(H,35,36)/b34-17+. The van der Waals surface area contributed by atoms with Gasteiger partial charge in [-0.25, -0.2) is 14.7 Å². The number of rotatable bonds is 9. The molecule has 0 amide bonds. The van der Waals surface area contributed by atoms with E-state index in [2.05, 4.69) is 30.3 Å². The van der Waals surface area contributed by atoms with E-state index in [1.54, 1.807) is 6.21 Å². The van der Waals surface area contributed by atoms with E-state index < -0.39 is 6.36 Å². The molecule has 0 radical (unpaired) electrons. The monoisotopic (exact) mass is 596 g/mol. The number of benzene rings is 3. The quantitative estimate of drug-likeness (QED) is 0.136. The van der Waals surface area contributed by atoms with Crippen molar-refractivity contribution in [3.8, 4) is 22.8 Å². The average Bonchev–Trinajstić information content (AvgIpc) is 3.44. The molecule has 0 aliphatic carbocycles. The van der Waals surface area contributed by atoms with Crippen molar-refractivity contribution >= 4 is 33.9 Å². The Hall–Kier alpha value is -4.49. The zero-order chi connectivity index (χ0) is 30.1. The van der Waals surface area contributed by atoms with Crippen molar-refractivity contribution < 1.29 is 27.4 Å². The highest BCUT2D eigenvalue weighted by atomic mass is 32.2. The zero-order valence-electron chi connectivity index (χ0n) is 22.9. The maximum atomic E-state index is 12.4. The number of aliphatic imine (C=N–C) groups is 1. The van der Waals surface area contributed by atoms with E-state index in [0.717, 1.165) is 39.7 Å². The number of para-hydroxylation sites is 1. The molecular weight excluding hydrogens is 569 g/mol. The van der Waals surface area contributed by atoms with Gasteiger partial charge in [0.1, 0.15) is 12.1 Å². The van der Waals surface area contributed by atoms with Gasteiger partial charge >= 0.3 is 6.36 Å². The number of carbonyl (C=O) groups excluding carboxylic acids is 1. The lowest BCUT2D eigenvalue weighted by atomic mass is 10.1. The van der Waals surface area contributed by atoms with Crippen molar-refractivity contribution in [2.75, 3.05) is 13.7 Å². The molecule has 0 aliphatic rings. The van der Waals surface area contributed by atoms with Crippen LogP contribution in [0.4, 0.5) is 18.9 Å². The number of hydrazone groups is 1. The summed E-state index contributed by atoms with van der Waals surface area (Å²) in [5.41, 5.74) is 7.62. The summed E-state index contributed by atoms with van der Waals surface area (Å²) in [4.78, 5) is 21.3. The predicted octanol–water partition coefficient (Wildman–Crippen LogP) is 6.36. The topological polar surface area (TPSA) is 103 Å². The minimum absolute atomic E-state index is 0.105. The van der Waals surface area contributed by atoms with Crippen LogP contribution >= 0.6 is 11.8 Å². The Labute approximate surface area is 244 Å². The Balaban J connectivity index is 1.43. The van der Waals surface area contributed by atoms with Gasteiger partial charge in [-0.1, -0.05) is 42.5 Å². The number of ether oxygens (including phenoxy) is 2. The fourth-order valence-electron chi connectivity index (χ4n) is 3.70. The predicted molar refractivity (Wildman–Crippen MR) is 156 cm³/mol. The molecule has 0 aliphatic heterocycles. The van der Waals surface area contributed by atoms with Crippen LogP contribution < -0.4 is 10.2 Å². The van der Waals surface area contributed by atoms with E-state index in [9.17, 15) is 18.0 Å². The molecule has 0 unspecified atom stereocenters. The summed E-state index contributed by atoms with van der Waals surface area (Å²) in [6, 6.07) is 18.4. The molecule has 3 aromatic carbocycles. The van der Waals surface area contributed by atoms with E-state index in [-0.39, 0.29) is 17.3 Å². The largest absolute Gasteiger partial charge is 0.573 e. The van der Waals surface area contributed by atoms with Gasteiger partial charge < -0.3 is 9.47 Å². The second-order valence-corrected chi connectivity index (χ2v) is 9.97. The first-order chi connectivity index (χ1) is 20.1. The summed E-state index contributed by atoms with van der Waals surface area (Å²) in [6.45, 7) is 4.22. The van der Waals surface area contributed by atoms with Crippen molar-refractivity contribution in [1.29, 1.82) is 0 Å². The number of aromatic nitrogens is 3. The molecule has 9 nitrogen and oxygen atoms in total. The van der Waals surface area contributed by atoms with E-state index in [1.807, 2.05) is 56.3 Å². The van der Waals surface area contributed by atoms with Gasteiger partial charge in [-0.15, -0.1) is 18.3 Å². The van der Waals surface area contributed by atoms with Crippen molar-refractivity contribution in [2.45, 2.75) is 26.6 Å². The Kier molecular flexibility index (Phi) is 10.1. The number of methoxy groups -OCH3 is 1. The Morgan fingerprint density at radius 2 is 1.74 bits per heavy atom. The van der Waals surface area contributed by atoms with Crippen LogP contribution in [0.3, 0.4) is 0 Å². The third kappa shape index (κ3) is 8.75. The molecule has 4 aromatic rings. The van der Waals surface area contributed by atoms with E-state index >= 15 is 0 Å². The summed E-state index contributed by atoms with van der Waals surface area (Å²) >= 11 is 0.966. The second-order valence-electron chi connectivity index (χ2n) is 8.92. The van der Waals surface area contributed by atoms with E-state index in [4.69, 9.17) is 4.74 Å². The van der Waals surface area contributed by atoms with Gasteiger partial charge in [0.25, 0.3) is 0 Å². The summed E-state index contributed by atoms with van der Waals surface area (Å²) in [6.07, 6.45) is -1.45. The minimum atomic E-state index is -4.76. The number of aryl methyl sites for hydroxylation is 2. The maximum absolute atomic E-state index is 12.4. The molecule has 0 fully saturated rings. The second kappa shape index (κ2) is 13.9. The number of hydrogen-bond acceptors (Lipinski definition) is 8. The number of alkyl halides is 3. The van der Waals surface area contributed by atoms with Gasteiger partial charge in [-0.3, -0.25) is 10.2 Å². The number of amidine groups is 1. The minimum Gasteiger partial charge on any atom is -0.406 e. The van der Waals surface area contributed by atoms with Crippen LogP contribution in [0.25, 0.3) is 17.1 Å². The van der Waals surface area contributed by atoms with Crippen LogP contribution in [0.15, 0.2) is 83.2 Å². The third-order valence-electron chi connectivity index (χ3n) is 5.74. The van der Waals surface area contributed by atoms with Crippen molar-refractivity contribution in [3.05, 3.63) is 89.7 Å². The number of carbonyl (C=O) groups is 1. The molecule has 13 heteroatoms. The lowest BCUT2D eigenvalue weighted by molar-refractivity contribution is -0.274. The molecule has 0 atom stereocenters. The van der Waals surface area contributed by atoms with Crippen molar-refractivity contribution in [2.24, 2.45) is 10.1 Å². The highest BCUT2D eigenvalue weighted by Gasteiger charge is 2.31. The number of thioether (sulfide) groups is 1. The molecule has 1 N–H and O–H groups in total. The van der Waals surface area contributed by atoms with Gasteiger partial charge in [0.15, 0.2) is 16.1 Å². The van der Waals surface area contributed by atoms with Gasteiger partial charge in [-0.05, 0) is 66.6 Å². The van der Waals surface area contributed by atoms with Crippen molar-refractivity contribution in [3.63, 3.8) is 0 Å². The Morgan fingerprint density at radius 3 is 2.38 bits per heavy atom. The molecule has 4 rings (SSSR count). The Bertz CT molecular complexity index is 1550. The SMILES string of the molecule is COCCC(=O)S/C(=N\c1c(C)cccc1C)N/N=C/c1ccc(-c2ncn(-c3ccc(OC(F)(F)F)cc3)n2)cc1. The highest BCUT2D eigenvalue weighted by molar-refractivity contribution is 8.26. The molecule has 0 spiro atoms. The van der Waals surface area contributed by atoms with Crippen LogP contribution in [0.1, 0.15) is 23.1 Å². The van der Waals surface area contributed by atoms with Gasteiger partial charge in [0.05, 0.1) is 24.2 Å². The first kappa shape index (κ1) is 30.5. The van der Waals surface area contributed by atoms with Gasteiger partial charge in [-0.2, -0.15) is 5.10 Å². The van der Waals surface area contributed by atoms with Crippen LogP contribution in [0, 0.1) is 13.8 Å². The molecule has 42 heavy (non-hydrogen) atoms. The summed E-state index contributed by atoms with van der Waals surface area (Å²) in [5, 5.41) is 8.93. The number of nitrogens with one attached hydrogen (secondary N) is 1. The average molecular weight is 597 g/mol. The van der Waals surface area contributed by atoms with Crippen LogP contribution in [-0.4, -0.2) is 51.3 Å². The molecule has 1 heterocycles. The zero-order valence-corrected chi connectivity index (χ0v) is 23.7. The maximum Gasteiger partial charge on any atom is 0.573 e. The van der Waals surface area contributed by atoms with E-state index in [1.165, 1.54) is 42.4 Å². The molecular formula is C29H27F3N6O3S. The van der Waals surface area contributed by atoms with Crippen molar-refractivity contribution in [1.82, 2.24) is 20.2 Å². The number of halogens is 3. The van der Waals surface area contributed by atoms with Crippen LogP contribution in [0.2, 0.25) is 0 Å². The molecule has 1 aromatic heterocycles. The number of hydrogen-bond donors (Lipinski definition) is 1. The van der Waals surface area contributed by atoms with Gasteiger partial charge in [0, 0.05) is 19.1 Å². The van der Waals surface area contributed by atoms with Gasteiger partial charge in [0.2, 0.25) is 0 Å². The van der Waals surface area contributed by atoms with Crippen LogP contribution in [0.5, 0.6) is 5.75 Å². The third-order valence-corrected chi connectivity index (χ3v) is 6.55. The Morgan fingerprint density at radius 1 is 1.05 bits per heavy atom. The fraction of sp³-hybridized carbons (Fsp3) is 0.207. The first-order valence-electron chi connectivity index (χ1n) is 12.6. The molecule has 218 valence electrons. The molecule has 0 saturated heterocycles. The summed E-state index contributed by atoms with van der Waals surface area (Å²) < 4.78 is 47.5. The lowest BCUT2D eigenvalue weighted by Gasteiger charge is -2.09. The number of nitrogens with zero attached hydrogens (tertiary/aromatic N) is 5. The summed E-state index contributed by atoms with van der Waals surface area (Å²) in [7, 11) is 1.54. The van der Waals surface area contributed by atoms with Crippen LogP contribution in [-0.2, 0) is 9.53 Å². The molecule has 0 saturated carbocycles. The van der Waals surface area contributed by atoms with E-state index in [0.29, 0.717) is 23.3 Å². The lowest BCUT2D eigenvalue weighted by Crippen LogP contribution is -2.17. The summed E-state index contributed by atoms with van der Waals surface area (Å²) in [5.74, 6) is 0.111. The smallest absolute Gasteiger partial charge is 0.406 e. The molecule has 0 bridgehead atoms. The highest BCUT2D eigenvalue weighted by Crippen LogP contribution is 2.26.